The SMILES string of the molecule is COc1cc(OC)c2c(c1Cl)O[C@@]1(C(=O)C=C(N3CCC[C@H]3CO)C[C@H]1C)C2=O. The number of hydrogen-bond acceptors (Lipinski definition) is 7. The molecule has 1 saturated heterocycles. The minimum absolute atomic E-state index is 0.00601. The molecule has 3 atom stereocenters. The smallest absolute Gasteiger partial charge is 0.236 e. The zero-order chi connectivity index (χ0) is 20.9. The normalized spacial score (nSPS) is 28.4. The lowest BCUT2D eigenvalue weighted by atomic mass is 9.74. The average molecular weight is 422 g/mol. The third-order valence-electron chi connectivity index (χ3n) is 6.25. The summed E-state index contributed by atoms with van der Waals surface area (Å²) in [5.74, 6) is -0.573. The number of methoxy groups -OCH3 is 2. The molecule has 3 aliphatic rings. The number of carbonyl (C=O) groups is 2. The Morgan fingerprint density at radius 1 is 1.31 bits per heavy atom. The van der Waals surface area contributed by atoms with Crippen LogP contribution in [0.25, 0.3) is 0 Å². The maximum Gasteiger partial charge on any atom is 0.236 e. The molecule has 0 radical (unpaired) electrons. The van der Waals surface area contributed by atoms with E-state index in [1.165, 1.54) is 26.4 Å². The quantitative estimate of drug-likeness (QED) is 0.748. The van der Waals surface area contributed by atoms with E-state index in [4.69, 9.17) is 25.8 Å². The summed E-state index contributed by atoms with van der Waals surface area (Å²) in [7, 11) is 2.89. The van der Waals surface area contributed by atoms with Gasteiger partial charge in [0.25, 0.3) is 0 Å². The number of halogens is 1. The molecule has 4 rings (SSSR count). The summed E-state index contributed by atoms with van der Waals surface area (Å²) in [5, 5.41) is 9.77. The fourth-order valence-electron chi connectivity index (χ4n) is 4.71. The summed E-state index contributed by atoms with van der Waals surface area (Å²) in [4.78, 5) is 28.8. The van der Waals surface area contributed by atoms with Crippen molar-refractivity contribution in [2.45, 2.75) is 37.8 Å². The van der Waals surface area contributed by atoms with Crippen LogP contribution in [-0.2, 0) is 4.79 Å². The molecule has 0 bridgehead atoms. The maximum atomic E-state index is 13.5. The molecule has 1 aromatic carbocycles. The number of aliphatic hydroxyl groups excluding tert-OH is 1. The minimum atomic E-state index is -1.66. The highest BCUT2D eigenvalue weighted by molar-refractivity contribution is 6.36. The molecule has 1 spiro atoms. The van der Waals surface area contributed by atoms with Crippen LogP contribution in [0.15, 0.2) is 17.8 Å². The molecule has 8 heteroatoms. The van der Waals surface area contributed by atoms with Crippen molar-refractivity contribution in [2.24, 2.45) is 5.92 Å². The van der Waals surface area contributed by atoms with Gasteiger partial charge >= 0.3 is 0 Å². The molecule has 1 fully saturated rings. The van der Waals surface area contributed by atoms with Crippen molar-refractivity contribution in [3.63, 3.8) is 0 Å². The molecule has 1 N–H and O–H groups in total. The summed E-state index contributed by atoms with van der Waals surface area (Å²) in [5.41, 5.74) is -0.652. The van der Waals surface area contributed by atoms with Gasteiger partial charge in [-0.1, -0.05) is 18.5 Å². The van der Waals surface area contributed by atoms with Crippen molar-refractivity contribution in [1.29, 1.82) is 0 Å². The van der Waals surface area contributed by atoms with E-state index < -0.39 is 23.1 Å². The Hall–Kier alpha value is -2.25. The molecule has 2 aliphatic heterocycles. The van der Waals surface area contributed by atoms with E-state index in [0.29, 0.717) is 12.2 Å². The summed E-state index contributed by atoms with van der Waals surface area (Å²) in [6.45, 7) is 2.66. The lowest BCUT2D eigenvalue weighted by Crippen LogP contribution is -2.55. The summed E-state index contributed by atoms with van der Waals surface area (Å²) < 4.78 is 16.7. The molecule has 2 heterocycles. The van der Waals surface area contributed by atoms with Crippen molar-refractivity contribution in [3.05, 3.63) is 28.4 Å². The third kappa shape index (κ3) is 2.74. The number of aliphatic hydroxyl groups is 1. The summed E-state index contributed by atoms with van der Waals surface area (Å²) >= 11 is 6.40. The molecular weight excluding hydrogens is 398 g/mol. The number of hydrogen-bond donors (Lipinski definition) is 1. The van der Waals surface area contributed by atoms with Crippen LogP contribution in [0.5, 0.6) is 17.2 Å². The predicted molar refractivity (Wildman–Crippen MR) is 106 cm³/mol. The zero-order valence-electron chi connectivity index (χ0n) is 16.7. The Labute approximate surface area is 174 Å². The first kappa shape index (κ1) is 20.0. The van der Waals surface area contributed by atoms with Crippen LogP contribution in [0.4, 0.5) is 0 Å². The number of rotatable bonds is 4. The fourth-order valence-corrected chi connectivity index (χ4v) is 4.97. The van der Waals surface area contributed by atoms with Crippen LogP contribution in [0.2, 0.25) is 5.02 Å². The van der Waals surface area contributed by atoms with Gasteiger partial charge in [-0.3, -0.25) is 9.59 Å². The van der Waals surface area contributed by atoms with Crippen molar-refractivity contribution >= 4 is 23.2 Å². The first-order valence-electron chi connectivity index (χ1n) is 9.69. The van der Waals surface area contributed by atoms with E-state index >= 15 is 0 Å². The first-order valence-corrected chi connectivity index (χ1v) is 10.1. The van der Waals surface area contributed by atoms with Gasteiger partial charge in [0, 0.05) is 30.3 Å². The molecule has 7 nitrogen and oxygen atoms in total. The monoisotopic (exact) mass is 421 g/mol. The van der Waals surface area contributed by atoms with E-state index in [0.717, 1.165) is 25.1 Å². The van der Waals surface area contributed by atoms with Gasteiger partial charge in [0.05, 0.1) is 26.9 Å². The fraction of sp³-hybridized carbons (Fsp3) is 0.524. The van der Waals surface area contributed by atoms with Crippen molar-refractivity contribution in [3.8, 4) is 17.2 Å². The van der Waals surface area contributed by atoms with E-state index in [1.807, 2.05) is 6.92 Å². The van der Waals surface area contributed by atoms with Crippen molar-refractivity contribution in [2.75, 3.05) is 27.4 Å². The second-order valence-electron chi connectivity index (χ2n) is 7.74. The lowest BCUT2D eigenvalue weighted by molar-refractivity contribution is -0.129. The van der Waals surface area contributed by atoms with Crippen LogP contribution >= 0.6 is 11.6 Å². The number of allylic oxidation sites excluding steroid dienone is 1. The standard InChI is InChI=1S/C21H24ClNO6/c1-11-7-13(23-6-4-5-12(23)10-24)8-16(25)21(11)20(26)17-14(27-2)9-15(28-3)18(22)19(17)29-21/h8-9,11-12,24H,4-7,10H2,1-3H3/t11-,12+,21+/m1/s1. The summed E-state index contributed by atoms with van der Waals surface area (Å²) in [6.07, 6.45) is 3.83. The zero-order valence-corrected chi connectivity index (χ0v) is 17.4. The van der Waals surface area contributed by atoms with E-state index in [2.05, 4.69) is 4.90 Å². The number of benzene rings is 1. The van der Waals surface area contributed by atoms with Gasteiger partial charge in [-0.25, -0.2) is 0 Å². The number of Topliss-reactive ketones (excluding diaryl/α,β-unsaturated/α-hetero) is 1. The Balaban J connectivity index is 1.77. The number of fused-ring (bicyclic) bond motifs is 1. The largest absolute Gasteiger partial charge is 0.496 e. The maximum absolute atomic E-state index is 13.5. The number of ether oxygens (including phenoxy) is 3. The van der Waals surface area contributed by atoms with Gasteiger partial charge < -0.3 is 24.2 Å². The Bertz CT molecular complexity index is 913. The molecule has 0 aromatic heterocycles. The molecule has 156 valence electrons. The minimum Gasteiger partial charge on any atom is -0.496 e. The topological polar surface area (TPSA) is 85.3 Å². The average Bonchev–Trinajstić information content (AvgIpc) is 3.31. The third-order valence-corrected chi connectivity index (χ3v) is 6.61. The molecule has 0 saturated carbocycles. The highest BCUT2D eigenvalue weighted by Gasteiger charge is 2.60. The second-order valence-corrected chi connectivity index (χ2v) is 8.12. The molecule has 1 aliphatic carbocycles. The van der Waals surface area contributed by atoms with Crippen LogP contribution in [0, 0.1) is 5.92 Å². The van der Waals surface area contributed by atoms with E-state index in [-0.39, 0.29) is 34.7 Å². The van der Waals surface area contributed by atoms with Crippen LogP contribution < -0.4 is 14.2 Å². The number of carbonyl (C=O) groups excluding carboxylic acids is 2. The number of nitrogens with zero attached hydrogens (tertiary/aromatic N) is 1. The van der Waals surface area contributed by atoms with Gasteiger partial charge in [-0.2, -0.15) is 0 Å². The van der Waals surface area contributed by atoms with Gasteiger partial charge in [-0.15, -0.1) is 0 Å². The Morgan fingerprint density at radius 2 is 2.03 bits per heavy atom. The van der Waals surface area contributed by atoms with Gasteiger partial charge in [0.1, 0.15) is 22.1 Å². The highest BCUT2D eigenvalue weighted by atomic mass is 35.5. The number of likely N-dealkylation sites (tertiary alicyclic amines) is 1. The first-order chi connectivity index (χ1) is 13.9. The van der Waals surface area contributed by atoms with Crippen molar-refractivity contribution in [1.82, 2.24) is 4.90 Å². The van der Waals surface area contributed by atoms with Gasteiger partial charge in [-0.05, 0) is 19.3 Å². The summed E-state index contributed by atoms with van der Waals surface area (Å²) in [6, 6.07) is 1.53. The lowest BCUT2D eigenvalue weighted by Gasteiger charge is -2.39. The number of ketones is 2. The predicted octanol–water partition coefficient (Wildman–Crippen LogP) is 2.62. The molecule has 1 aromatic rings. The Kier molecular flexibility index (Phi) is 4.99. The Morgan fingerprint density at radius 3 is 2.66 bits per heavy atom. The molecule has 0 amide bonds. The van der Waals surface area contributed by atoms with Crippen LogP contribution in [0.3, 0.4) is 0 Å². The van der Waals surface area contributed by atoms with E-state index in [1.54, 1.807) is 0 Å². The van der Waals surface area contributed by atoms with Crippen LogP contribution in [0.1, 0.15) is 36.5 Å². The molecular formula is C21H24ClNO6. The highest BCUT2D eigenvalue weighted by Crippen LogP contribution is 2.53. The second kappa shape index (κ2) is 7.22. The van der Waals surface area contributed by atoms with E-state index in [9.17, 15) is 14.7 Å². The molecule has 29 heavy (non-hydrogen) atoms. The van der Waals surface area contributed by atoms with Gasteiger partial charge in [0.2, 0.25) is 17.2 Å². The van der Waals surface area contributed by atoms with Gasteiger partial charge in [0.15, 0.2) is 5.75 Å². The van der Waals surface area contributed by atoms with Crippen LogP contribution in [-0.4, -0.2) is 60.6 Å². The van der Waals surface area contributed by atoms with Crippen molar-refractivity contribution < 1.29 is 28.9 Å². The molecule has 0 unspecified atom stereocenters.